The van der Waals surface area contributed by atoms with Gasteiger partial charge >= 0.3 is 11.9 Å². The zero-order valence-electron chi connectivity index (χ0n) is 12.4. The summed E-state index contributed by atoms with van der Waals surface area (Å²) >= 11 is 0. The number of esters is 2. The number of benzene rings is 1. The van der Waals surface area contributed by atoms with Gasteiger partial charge < -0.3 is 9.47 Å². The summed E-state index contributed by atoms with van der Waals surface area (Å²) in [5, 5.41) is 10.6. The molecule has 0 aliphatic heterocycles. The van der Waals surface area contributed by atoms with Crippen LogP contribution in [0, 0.1) is 10.1 Å². The average molecular weight is 309 g/mol. The Morgan fingerprint density at radius 1 is 1.18 bits per heavy atom. The molecule has 0 bridgehead atoms. The third kappa shape index (κ3) is 6.83. The van der Waals surface area contributed by atoms with E-state index in [4.69, 9.17) is 9.47 Å². The zero-order chi connectivity index (χ0) is 16.4. The minimum atomic E-state index is -0.543. The van der Waals surface area contributed by atoms with Crippen molar-refractivity contribution in [2.24, 2.45) is 0 Å². The molecule has 0 N–H and O–H groups in total. The molecule has 0 spiro atoms. The molecule has 0 atom stereocenters. The van der Waals surface area contributed by atoms with E-state index in [-0.39, 0.29) is 25.1 Å². The Morgan fingerprint density at radius 3 is 2.50 bits per heavy atom. The van der Waals surface area contributed by atoms with Gasteiger partial charge in [0.2, 0.25) is 0 Å². The number of rotatable bonds is 9. The highest BCUT2D eigenvalue weighted by Gasteiger charge is 2.10. The molecule has 0 fully saturated rings. The normalized spacial score (nSPS) is 10.0. The molecule has 0 saturated carbocycles. The number of hydrogen-bond acceptors (Lipinski definition) is 6. The summed E-state index contributed by atoms with van der Waals surface area (Å²) in [4.78, 5) is 32.9. The molecule has 0 amide bonds. The van der Waals surface area contributed by atoms with Crippen molar-refractivity contribution in [3.63, 3.8) is 0 Å². The maximum atomic E-state index is 11.5. The van der Waals surface area contributed by atoms with Crippen molar-refractivity contribution in [1.82, 2.24) is 0 Å². The number of ether oxygens (including phenoxy) is 2. The van der Waals surface area contributed by atoms with Crippen molar-refractivity contribution in [2.75, 3.05) is 6.61 Å². The fraction of sp³-hybridized carbons (Fsp3) is 0.467. The molecule has 7 nitrogen and oxygen atoms in total. The highest BCUT2D eigenvalue weighted by Crippen LogP contribution is 2.14. The number of hydrogen-bond donors (Lipinski definition) is 0. The Kier molecular flexibility index (Phi) is 7.60. The van der Waals surface area contributed by atoms with E-state index in [1.807, 2.05) is 6.92 Å². The van der Waals surface area contributed by atoms with E-state index < -0.39 is 16.9 Å². The molecule has 1 rings (SSSR count). The van der Waals surface area contributed by atoms with Crippen LogP contribution in [0.25, 0.3) is 0 Å². The van der Waals surface area contributed by atoms with Crippen molar-refractivity contribution < 1.29 is 24.0 Å². The predicted molar refractivity (Wildman–Crippen MR) is 78.0 cm³/mol. The lowest BCUT2D eigenvalue weighted by molar-refractivity contribution is -0.384. The van der Waals surface area contributed by atoms with E-state index in [2.05, 4.69) is 0 Å². The minimum absolute atomic E-state index is 0.0303. The van der Waals surface area contributed by atoms with Gasteiger partial charge in [0.1, 0.15) is 6.61 Å². The van der Waals surface area contributed by atoms with E-state index >= 15 is 0 Å². The largest absolute Gasteiger partial charge is 0.466 e. The van der Waals surface area contributed by atoms with Gasteiger partial charge in [0.15, 0.2) is 0 Å². The molecular weight excluding hydrogens is 290 g/mol. The second-order valence-electron chi connectivity index (χ2n) is 4.66. The van der Waals surface area contributed by atoms with Crippen LogP contribution in [0.3, 0.4) is 0 Å². The minimum Gasteiger partial charge on any atom is -0.466 e. The van der Waals surface area contributed by atoms with Gasteiger partial charge in [-0.3, -0.25) is 19.7 Å². The molecule has 0 aliphatic carbocycles. The first kappa shape index (κ1) is 17.6. The number of nitro groups is 1. The Morgan fingerprint density at radius 2 is 1.86 bits per heavy atom. The number of nitro benzene ring substituents is 1. The number of carbonyl (C=O) groups excluding carboxylic acids is 2. The molecule has 1 aromatic carbocycles. The SMILES string of the molecule is CCCCOC(=O)CCC(=O)OCc1cccc([N+](=O)[O-])c1. The lowest BCUT2D eigenvalue weighted by Gasteiger charge is -2.05. The molecule has 120 valence electrons. The fourth-order valence-electron chi connectivity index (χ4n) is 1.60. The topological polar surface area (TPSA) is 95.7 Å². The molecule has 0 unspecified atom stereocenters. The predicted octanol–water partition coefficient (Wildman–Crippen LogP) is 2.76. The number of carbonyl (C=O) groups is 2. The Balaban J connectivity index is 2.30. The van der Waals surface area contributed by atoms with Crippen LogP contribution >= 0.6 is 0 Å². The summed E-state index contributed by atoms with van der Waals surface area (Å²) < 4.78 is 9.89. The van der Waals surface area contributed by atoms with Gasteiger partial charge in [-0.05, 0) is 12.0 Å². The van der Waals surface area contributed by atoms with Crippen molar-refractivity contribution in [1.29, 1.82) is 0 Å². The van der Waals surface area contributed by atoms with Crippen LogP contribution in [0.5, 0.6) is 0 Å². The van der Waals surface area contributed by atoms with Gasteiger partial charge in [0.05, 0.1) is 24.4 Å². The van der Waals surface area contributed by atoms with Crippen LogP contribution in [0.2, 0.25) is 0 Å². The first-order valence-corrected chi connectivity index (χ1v) is 7.07. The first-order valence-electron chi connectivity index (χ1n) is 7.07. The van der Waals surface area contributed by atoms with Gasteiger partial charge in [0.25, 0.3) is 5.69 Å². The summed E-state index contributed by atoms with van der Waals surface area (Å²) in [5.74, 6) is -0.973. The summed E-state index contributed by atoms with van der Waals surface area (Å²) in [6.45, 7) is 2.28. The molecular formula is C15H19NO6. The Bertz CT molecular complexity index is 529. The van der Waals surface area contributed by atoms with E-state index in [0.717, 1.165) is 12.8 Å². The molecule has 1 aromatic rings. The van der Waals surface area contributed by atoms with Crippen molar-refractivity contribution in [3.05, 3.63) is 39.9 Å². The summed E-state index contributed by atoms with van der Waals surface area (Å²) in [7, 11) is 0. The van der Waals surface area contributed by atoms with Crippen LogP contribution in [-0.2, 0) is 25.7 Å². The number of nitrogens with zero attached hydrogens (tertiary/aromatic N) is 1. The summed E-state index contributed by atoms with van der Waals surface area (Å²) in [6, 6.07) is 5.84. The van der Waals surface area contributed by atoms with Crippen LogP contribution in [0.15, 0.2) is 24.3 Å². The third-order valence-electron chi connectivity index (χ3n) is 2.82. The standard InChI is InChI=1S/C15H19NO6/c1-2-3-9-21-14(17)7-8-15(18)22-11-12-5-4-6-13(10-12)16(19)20/h4-6,10H,2-3,7-9,11H2,1H3. The van der Waals surface area contributed by atoms with Crippen LogP contribution < -0.4 is 0 Å². The van der Waals surface area contributed by atoms with E-state index in [0.29, 0.717) is 12.2 Å². The molecule has 0 aromatic heterocycles. The van der Waals surface area contributed by atoms with Crippen LogP contribution in [-0.4, -0.2) is 23.5 Å². The number of unbranched alkanes of at least 4 members (excludes halogenated alkanes) is 1. The molecule has 22 heavy (non-hydrogen) atoms. The summed E-state index contributed by atoms with van der Waals surface area (Å²) in [5.41, 5.74) is 0.459. The second kappa shape index (κ2) is 9.49. The fourth-order valence-corrected chi connectivity index (χ4v) is 1.60. The molecule has 0 saturated heterocycles. The van der Waals surface area contributed by atoms with Crippen molar-refractivity contribution >= 4 is 17.6 Å². The van der Waals surface area contributed by atoms with Gasteiger partial charge in [-0.25, -0.2) is 0 Å². The maximum Gasteiger partial charge on any atom is 0.306 e. The Hall–Kier alpha value is -2.44. The third-order valence-corrected chi connectivity index (χ3v) is 2.82. The Labute approximate surface area is 128 Å². The second-order valence-corrected chi connectivity index (χ2v) is 4.66. The van der Waals surface area contributed by atoms with E-state index in [9.17, 15) is 19.7 Å². The van der Waals surface area contributed by atoms with E-state index in [1.54, 1.807) is 6.07 Å². The highest BCUT2D eigenvalue weighted by molar-refractivity contribution is 5.77. The quantitative estimate of drug-likeness (QED) is 0.301. The lowest BCUT2D eigenvalue weighted by atomic mass is 10.2. The number of non-ortho nitro benzene ring substituents is 1. The van der Waals surface area contributed by atoms with Gasteiger partial charge in [-0.2, -0.15) is 0 Å². The first-order chi connectivity index (χ1) is 10.5. The smallest absolute Gasteiger partial charge is 0.306 e. The van der Waals surface area contributed by atoms with E-state index in [1.165, 1.54) is 18.2 Å². The molecule has 0 radical (unpaired) electrons. The van der Waals surface area contributed by atoms with Crippen LogP contribution in [0.4, 0.5) is 5.69 Å². The average Bonchev–Trinajstić information content (AvgIpc) is 2.51. The van der Waals surface area contributed by atoms with Crippen LogP contribution in [0.1, 0.15) is 38.2 Å². The maximum absolute atomic E-state index is 11.5. The highest BCUT2D eigenvalue weighted by atomic mass is 16.6. The zero-order valence-corrected chi connectivity index (χ0v) is 12.4. The van der Waals surface area contributed by atoms with Crippen molar-refractivity contribution in [3.8, 4) is 0 Å². The molecule has 0 heterocycles. The van der Waals surface area contributed by atoms with Gasteiger partial charge in [-0.15, -0.1) is 0 Å². The van der Waals surface area contributed by atoms with Gasteiger partial charge in [0, 0.05) is 12.1 Å². The molecule has 7 heteroatoms. The monoisotopic (exact) mass is 309 g/mol. The molecule has 0 aliphatic rings. The van der Waals surface area contributed by atoms with Crippen molar-refractivity contribution in [2.45, 2.75) is 39.2 Å². The lowest BCUT2D eigenvalue weighted by Crippen LogP contribution is -2.11. The summed E-state index contributed by atoms with van der Waals surface area (Å²) in [6.07, 6.45) is 1.62. The van der Waals surface area contributed by atoms with Gasteiger partial charge in [-0.1, -0.05) is 25.5 Å².